The second-order valence-electron chi connectivity index (χ2n) is 5.18. The summed E-state index contributed by atoms with van der Waals surface area (Å²) in [5.74, 6) is 0.386. The highest BCUT2D eigenvalue weighted by atomic mass is 16.3. The number of nitrogens with zero attached hydrogens (tertiary/aromatic N) is 1. The zero-order valence-corrected chi connectivity index (χ0v) is 11.0. The molecule has 18 heavy (non-hydrogen) atoms. The Balaban J connectivity index is 2.12. The maximum absolute atomic E-state index is 12.5. The summed E-state index contributed by atoms with van der Waals surface area (Å²) in [6.07, 6.45) is 0.985. The number of aliphatic hydroxyl groups excluding tert-OH is 1. The average molecular weight is 247 g/mol. The molecule has 1 saturated heterocycles. The van der Waals surface area contributed by atoms with E-state index in [0.717, 1.165) is 18.5 Å². The third-order valence-electron chi connectivity index (χ3n) is 4.02. The molecule has 1 aromatic carbocycles. The van der Waals surface area contributed by atoms with Crippen molar-refractivity contribution < 1.29 is 9.90 Å². The standard InChI is InChI=1S/C15H21NO2/c1-11-8-9-16(14(11)10-17)15(18)12(2)13-6-4-3-5-7-13/h3-7,11-12,14,17H,8-10H2,1-2H3. The van der Waals surface area contributed by atoms with E-state index in [1.165, 1.54) is 0 Å². The lowest BCUT2D eigenvalue weighted by molar-refractivity contribution is -0.134. The molecule has 1 aliphatic heterocycles. The first kappa shape index (κ1) is 13.1. The van der Waals surface area contributed by atoms with Gasteiger partial charge in [0.05, 0.1) is 18.6 Å². The second-order valence-corrected chi connectivity index (χ2v) is 5.18. The predicted octanol–water partition coefficient (Wildman–Crippen LogP) is 2.02. The molecular weight excluding hydrogens is 226 g/mol. The van der Waals surface area contributed by atoms with Gasteiger partial charge in [-0.2, -0.15) is 0 Å². The number of likely N-dealkylation sites (tertiary alicyclic amines) is 1. The van der Waals surface area contributed by atoms with Crippen molar-refractivity contribution in [1.29, 1.82) is 0 Å². The minimum absolute atomic E-state index is 0.0105. The monoisotopic (exact) mass is 247 g/mol. The molecular formula is C15H21NO2. The van der Waals surface area contributed by atoms with Crippen molar-refractivity contribution in [3.63, 3.8) is 0 Å². The Morgan fingerprint density at radius 2 is 2.11 bits per heavy atom. The first-order valence-electron chi connectivity index (χ1n) is 6.61. The first-order valence-corrected chi connectivity index (χ1v) is 6.61. The number of carbonyl (C=O) groups excluding carboxylic acids is 1. The SMILES string of the molecule is CC(C(=O)N1CCC(C)C1CO)c1ccccc1. The number of hydrogen-bond acceptors (Lipinski definition) is 2. The van der Waals surface area contributed by atoms with Crippen molar-refractivity contribution in [2.75, 3.05) is 13.2 Å². The van der Waals surface area contributed by atoms with Crippen LogP contribution < -0.4 is 0 Å². The van der Waals surface area contributed by atoms with Gasteiger partial charge in [0, 0.05) is 6.54 Å². The summed E-state index contributed by atoms with van der Waals surface area (Å²) in [5, 5.41) is 9.41. The summed E-state index contributed by atoms with van der Waals surface area (Å²) in [5.41, 5.74) is 1.04. The Hall–Kier alpha value is -1.35. The number of aliphatic hydroxyl groups is 1. The van der Waals surface area contributed by atoms with Crippen LogP contribution in [0.25, 0.3) is 0 Å². The third kappa shape index (κ3) is 2.41. The number of rotatable bonds is 3. The van der Waals surface area contributed by atoms with Crippen LogP contribution in [0.2, 0.25) is 0 Å². The van der Waals surface area contributed by atoms with Crippen molar-refractivity contribution in [3.05, 3.63) is 35.9 Å². The van der Waals surface area contributed by atoms with Gasteiger partial charge in [-0.05, 0) is 24.8 Å². The van der Waals surface area contributed by atoms with Crippen LogP contribution in [0.15, 0.2) is 30.3 Å². The van der Waals surface area contributed by atoms with Crippen LogP contribution in [0.5, 0.6) is 0 Å². The smallest absolute Gasteiger partial charge is 0.230 e. The Morgan fingerprint density at radius 3 is 2.72 bits per heavy atom. The minimum atomic E-state index is -0.134. The molecule has 0 radical (unpaired) electrons. The fourth-order valence-corrected chi connectivity index (χ4v) is 2.69. The van der Waals surface area contributed by atoms with E-state index in [1.54, 1.807) is 0 Å². The van der Waals surface area contributed by atoms with Crippen LogP contribution in [0.4, 0.5) is 0 Å². The maximum atomic E-state index is 12.5. The topological polar surface area (TPSA) is 40.5 Å². The van der Waals surface area contributed by atoms with Crippen molar-refractivity contribution in [2.45, 2.75) is 32.2 Å². The first-order chi connectivity index (χ1) is 8.65. The Morgan fingerprint density at radius 1 is 1.44 bits per heavy atom. The molecule has 1 fully saturated rings. The van der Waals surface area contributed by atoms with Crippen LogP contribution in [0, 0.1) is 5.92 Å². The van der Waals surface area contributed by atoms with Crippen molar-refractivity contribution >= 4 is 5.91 Å². The van der Waals surface area contributed by atoms with E-state index in [1.807, 2.05) is 42.2 Å². The number of hydrogen-bond donors (Lipinski definition) is 1. The summed E-state index contributed by atoms with van der Waals surface area (Å²) in [6, 6.07) is 9.81. The second kappa shape index (κ2) is 5.53. The summed E-state index contributed by atoms with van der Waals surface area (Å²) in [7, 11) is 0. The molecule has 0 aromatic heterocycles. The summed E-state index contributed by atoms with van der Waals surface area (Å²) in [4.78, 5) is 14.3. The zero-order valence-electron chi connectivity index (χ0n) is 11.0. The van der Waals surface area contributed by atoms with Gasteiger partial charge < -0.3 is 10.0 Å². The van der Waals surface area contributed by atoms with E-state index in [0.29, 0.717) is 5.92 Å². The van der Waals surface area contributed by atoms with Gasteiger partial charge in [-0.3, -0.25) is 4.79 Å². The van der Waals surface area contributed by atoms with E-state index < -0.39 is 0 Å². The zero-order chi connectivity index (χ0) is 13.1. The van der Waals surface area contributed by atoms with Gasteiger partial charge >= 0.3 is 0 Å². The molecule has 1 heterocycles. The summed E-state index contributed by atoms with van der Waals surface area (Å²) < 4.78 is 0. The molecule has 0 spiro atoms. The van der Waals surface area contributed by atoms with Crippen LogP contribution in [0.3, 0.4) is 0 Å². The van der Waals surface area contributed by atoms with Gasteiger partial charge in [0.1, 0.15) is 0 Å². The molecule has 1 N–H and O–H groups in total. The molecule has 3 unspecified atom stereocenters. The Kier molecular flexibility index (Phi) is 4.02. The molecule has 98 valence electrons. The average Bonchev–Trinajstić information content (AvgIpc) is 2.79. The summed E-state index contributed by atoms with van der Waals surface area (Å²) >= 11 is 0. The third-order valence-corrected chi connectivity index (χ3v) is 4.02. The molecule has 3 heteroatoms. The van der Waals surface area contributed by atoms with E-state index >= 15 is 0 Å². The Bertz CT molecular complexity index is 404. The molecule has 3 nitrogen and oxygen atoms in total. The molecule has 1 aliphatic rings. The van der Waals surface area contributed by atoms with E-state index in [4.69, 9.17) is 0 Å². The molecule has 3 atom stereocenters. The van der Waals surface area contributed by atoms with E-state index in [2.05, 4.69) is 6.92 Å². The molecule has 0 aliphatic carbocycles. The number of benzene rings is 1. The highest BCUT2D eigenvalue weighted by molar-refractivity contribution is 5.83. The maximum Gasteiger partial charge on any atom is 0.230 e. The van der Waals surface area contributed by atoms with Crippen LogP contribution >= 0.6 is 0 Å². The lowest BCUT2D eigenvalue weighted by atomic mass is 9.98. The van der Waals surface area contributed by atoms with Gasteiger partial charge in [0.2, 0.25) is 5.91 Å². The van der Waals surface area contributed by atoms with Gasteiger partial charge in [-0.25, -0.2) is 0 Å². The van der Waals surface area contributed by atoms with Gasteiger partial charge in [-0.15, -0.1) is 0 Å². The Labute approximate surface area is 108 Å². The van der Waals surface area contributed by atoms with E-state index in [-0.39, 0.29) is 24.5 Å². The van der Waals surface area contributed by atoms with Gasteiger partial charge in [0.15, 0.2) is 0 Å². The molecule has 1 amide bonds. The molecule has 0 saturated carbocycles. The lowest BCUT2D eigenvalue weighted by Gasteiger charge is -2.28. The fourth-order valence-electron chi connectivity index (χ4n) is 2.69. The van der Waals surface area contributed by atoms with Crippen molar-refractivity contribution in [2.24, 2.45) is 5.92 Å². The summed E-state index contributed by atoms with van der Waals surface area (Å²) in [6.45, 7) is 4.87. The van der Waals surface area contributed by atoms with Crippen molar-refractivity contribution in [1.82, 2.24) is 4.90 Å². The highest BCUT2D eigenvalue weighted by Gasteiger charge is 2.35. The molecule has 0 bridgehead atoms. The number of amides is 1. The number of carbonyl (C=O) groups is 1. The van der Waals surface area contributed by atoms with Gasteiger partial charge in [0.25, 0.3) is 0 Å². The predicted molar refractivity (Wildman–Crippen MR) is 71.2 cm³/mol. The lowest BCUT2D eigenvalue weighted by Crippen LogP contribution is -2.41. The van der Waals surface area contributed by atoms with Crippen LogP contribution in [-0.4, -0.2) is 35.1 Å². The van der Waals surface area contributed by atoms with Crippen LogP contribution in [-0.2, 0) is 4.79 Å². The largest absolute Gasteiger partial charge is 0.394 e. The fraction of sp³-hybridized carbons (Fsp3) is 0.533. The van der Waals surface area contributed by atoms with E-state index in [9.17, 15) is 9.90 Å². The molecule has 1 aromatic rings. The van der Waals surface area contributed by atoms with Gasteiger partial charge in [-0.1, -0.05) is 37.3 Å². The van der Waals surface area contributed by atoms with Crippen molar-refractivity contribution in [3.8, 4) is 0 Å². The molecule has 2 rings (SSSR count). The quantitative estimate of drug-likeness (QED) is 0.887. The van der Waals surface area contributed by atoms with Crippen LogP contribution in [0.1, 0.15) is 31.7 Å². The highest BCUT2D eigenvalue weighted by Crippen LogP contribution is 2.27. The minimum Gasteiger partial charge on any atom is -0.394 e. The normalized spacial score (nSPS) is 25.2.